The van der Waals surface area contributed by atoms with Crippen LogP contribution in [0, 0.1) is 17.7 Å². The van der Waals surface area contributed by atoms with E-state index in [1.54, 1.807) is 47.4 Å². The first-order chi connectivity index (χ1) is 15.9. The summed E-state index contributed by atoms with van der Waals surface area (Å²) in [6.07, 6.45) is 4.27. The molecule has 1 aliphatic heterocycles. The lowest BCUT2D eigenvalue weighted by Crippen LogP contribution is -2.49. The highest BCUT2D eigenvalue weighted by molar-refractivity contribution is 6.04. The van der Waals surface area contributed by atoms with Crippen LogP contribution in [-0.4, -0.2) is 54.0 Å². The molecule has 2 aliphatic rings. The molecule has 33 heavy (non-hydrogen) atoms. The van der Waals surface area contributed by atoms with Gasteiger partial charge in [-0.15, -0.1) is 0 Å². The highest BCUT2D eigenvalue weighted by Gasteiger charge is 2.34. The van der Waals surface area contributed by atoms with Gasteiger partial charge in [0.1, 0.15) is 5.82 Å². The number of hydrogen-bond acceptors (Lipinski definition) is 4. The molecule has 0 unspecified atom stereocenters. The van der Waals surface area contributed by atoms with Gasteiger partial charge in [-0.25, -0.2) is 4.39 Å². The van der Waals surface area contributed by atoms with Gasteiger partial charge in [-0.2, -0.15) is 0 Å². The van der Waals surface area contributed by atoms with E-state index in [0.29, 0.717) is 50.3 Å². The molecule has 2 aromatic rings. The molecule has 4 rings (SSSR count). The highest BCUT2D eigenvalue weighted by Crippen LogP contribution is 2.28. The zero-order chi connectivity index (χ0) is 23.4. The Labute approximate surface area is 191 Å². The second-order valence-electron chi connectivity index (χ2n) is 8.28. The van der Waals surface area contributed by atoms with E-state index in [-0.39, 0.29) is 11.7 Å². The van der Waals surface area contributed by atoms with Crippen molar-refractivity contribution in [2.24, 2.45) is 11.8 Å². The minimum absolute atomic E-state index is 0.192. The van der Waals surface area contributed by atoms with Crippen molar-refractivity contribution in [3.05, 3.63) is 72.1 Å². The van der Waals surface area contributed by atoms with Crippen LogP contribution in [0.15, 0.2) is 60.7 Å². The standard InChI is InChI=1S/C25H26FN3O4/c26-17-9-11-18(12-10-17)28-13-15-29(16-14-28)24(31)21-7-3-4-8-22(21)27-23(30)19-5-1-2-6-20(19)25(32)33/h1-4,7-12,19-20H,5-6,13-16H2,(H,27,30)(H,32,33)/t19-,20-/m1/s1. The van der Waals surface area contributed by atoms with E-state index in [0.717, 1.165) is 5.69 Å². The average molecular weight is 451 g/mol. The smallest absolute Gasteiger partial charge is 0.307 e. The fraction of sp³-hybridized carbons (Fsp3) is 0.320. The minimum atomic E-state index is -0.997. The van der Waals surface area contributed by atoms with Gasteiger partial charge in [0.25, 0.3) is 5.91 Å². The molecule has 172 valence electrons. The molecule has 2 atom stereocenters. The van der Waals surface area contributed by atoms with Gasteiger partial charge in [-0.05, 0) is 49.2 Å². The normalized spacial score (nSPS) is 20.4. The van der Waals surface area contributed by atoms with Crippen LogP contribution in [0.4, 0.5) is 15.8 Å². The van der Waals surface area contributed by atoms with Crippen LogP contribution in [0.1, 0.15) is 23.2 Å². The third-order valence-electron chi connectivity index (χ3n) is 6.26. The number of carbonyl (C=O) groups excluding carboxylic acids is 2. The summed E-state index contributed by atoms with van der Waals surface area (Å²) in [6, 6.07) is 13.1. The molecular formula is C25H26FN3O4. The van der Waals surface area contributed by atoms with E-state index in [2.05, 4.69) is 10.2 Å². The molecule has 7 nitrogen and oxygen atoms in total. The van der Waals surface area contributed by atoms with E-state index in [4.69, 9.17) is 0 Å². The van der Waals surface area contributed by atoms with Crippen molar-refractivity contribution < 1.29 is 23.9 Å². The Bertz CT molecular complexity index is 1060. The molecule has 2 amide bonds. The van der Waals surface area contributed by atoms with Gasteiger partial charge in [-0.3, -0.25) is 14.4 Å². The number of carbonyl (C=O) groups is 3. The number of amides is 2. The van der Waals surface area contributed by atoms with Gasteiger partial charge in [0, 0.05) is 31.9 Å². The van der Waals surface area contributed by atoms with Crippen molar-refractivity contribution in [2.45, 2.75) is 12.8 Å². The topological polar surface area (TPSA) is 89.9 Å². The van der Waals surface area contributed by atoms with Crippen molar-refractivity contribution >= 4 is 29.2 Å². The van der Waals surface area contributed by atoms with Crippen LogP contribution in [-0.2, 0) is 9.59 Å². The Morgan fingerprint density at radius 1 is 0.879 bits per heavy atom. The molecular weight excluding hydrogens is 425 g/mol. The summed E-state index contributed by atoms with van der Waals surface area (Å²) in [7, 11) is 0. The van der Waals surface area contributed by atoms with Gasteiger partial charge < -0.3 is 20.2 Å². The summed E-state index contributed by atoms with van der Waals surface area (Å²) in [5, 5.41) is 12.3. The van der Waals surface area contributed by atoms with E-state index >= 15 is 0 Å². The molecule has 1 aliphatic carbocycles. The number of hydrogen-bond donors (Lipinski definition) is 2. The van der Waals surface area contributed by atoms with Gasteiger partial charge in [0.05, 0.1) is 23.1 Å². The van der Waals surface area contributed by atoms with Crippen LogP contribution in [0.25, 0.3) is 0 Å². The number of nitrogens with one attached hydrogen (secondary N) is 1. The van der Waals surface area contributed by atoms with E-state index < -0.39 is 23.7 Å². The summed E-state index contributed by atoms with van der Waals surface area (Å²) in [5.74, 6) is -3.34. The minimum Gasteiger partial charge on any atom is -0.481 e. The fourth-order valence-corrected chi connectivity index (χ4v) is 4.37. The summed E-state index contributed by atoms with van der Waals surface area (Å²) in [5.41, 5.74) is 1.66. The predicted octanol–water partition coefficient (Wildman–Crippen LogP) is 3.39. The number of anilines is 2. The zero-order valence-corrected chi connectivity index (χ0v) is 18.1. The molecule has 2 N–H and O–H groups in total. The Kier molecular flexibility index (Phi) is 6.72. The third-order valence-corrected chi connectivity index (χ3v) is 6.26. The van der Waals surface area contributed by atoms with Crippen LogP contribution in [0.2, 0.25) is 0 Å². The SMILES string of the molecule is O=C(O)[C@@H]1CC=CC[C@H]1C(=O)Nc1ccccc1C(=O)N1CCN(c2ccc(F)cc2)CC1. The molecule has 0 spiro atoms. The van der Waals surface area contributed by atoms with Crippen molar-refractivity contribution in [3.8, 4) is 0 Å². The number of allylic oxidation sites excluding steroid dienone is 2. The van der Waals surface area contributed by atoms with Crippen LogP contribution >= 0.6 is 0 Å². The number of carboxylic acids is 1. The molecule has 2 aromatic carbocycles. The predicted molar refractivity (Wildman–Crippen MR) is 123 cm³/mol. The molecule has 1 saturated heterocycles. The van der Waals surface area contributed by atoms with Gasteiger partial charge in [0.2, 0.25) is 5.91 Å². The Morgan fingerprint density at radius 3 is 2.18 bits per heavy atom. The molecule has 8 heteroatoms. The lowest BCUT2D eigenvalue weighted by molar-refractivity contribution is -0.146. The van der Waals surface area contributed by atoms with E-state index in [1.807, 2.05) is 6.08 Å². The maximum atomic E-state index is 13.2. The van der Waals surface area contributed by atoms with E-state index in [9.17, 15) is 23.9 Å². The Hall–Kier alpha value is -3.68. The molecule has 0 saturated carbocycles. The van der Waals surface area contributed by atoms with Gasteiger partial charge in [0.15, 0.2) is 0 Å². The number of aliphatic carboxylic acids is 1. The van der Waals surface area contributed by atoms with E-state index in [1.165, 1.54) is 12.1 Å². The lowest BCUT2D eigenvalue weighted by Gasteiger charge is -2.36. The fourth-order valence-electron chi connectivity index (χ4n) is 4.37. The zero-order valence-electron chi connectivity index (χ0n) is 18.1. The number of benzene rings is 2. The quantitative estimate of drug-likeness (QED) is 0.681. The average Bonchev–Trinajstić information content (AvgIpc) is 2.84. The lowest BCUT2D eigenvalue weighted by atomic mass is 9.82. The van der Waals surface area contributed by atoms with Crippen molar-refractivity contribution in [3.63, 3.8) is 0 Å². The van der Waals surface area contributed by atoms with Gasteiger partial charge >= 0.3 is 5.97 Å². The van der Waals surface area contributed by atoms with Crippen LogP contribution in [0.3, 0.4) is 0 Å². The first kappa shape index (κ1) is 22.5. The van der Waals surface area contributed by atoms with Crippen LogP contribution in [0.5, 0.6) is 0 Å². The monoisotopic (exact) mass is 451 g/mol. The van der Waals surface area contributed by atoms with Crippen molar-refractivity contribution in [1.29, 1.82) is 0 Å². The van der Waals surface area contributed by atoms with Crippen LogP contribution < -0.4 is 10.2 Å². The Balaban J connectivity index is 1.43. The number of piperazine rings is 1. The molecule has 0 bridgehead atoms. The summed E-state index contributed by atoms with van der Waals surface area (Å²) >= 11 is 0. The van der Waals surface area contributed by atoms with Gasteiger partial charge in [-0.1, -0.05) is 24.3 Å². The third kappa shape index (κ3) is 5.05. The molecule has 0 aromatic heterocycles. The summed E-state index contributed by atoms with van der Waals surface area (Å²) in [4.78, 5) is 41.5. The first-order valence-corrected chi connectivity index (χ1v) is 11.0. The Morgan fingerprint density at radius 2 is 1.52 bits per heavy atom. The number of halogens is 1. The largest absolute Gasteiger partial charge is 0.481 e. The first-order valence-electron chi connectivity index (χ1n) is 11.0. The summed E-state index contributed by atoms with van der Waals surface area (Å²) in [6.45, 7) is 2.21. The molecule has 1 heterocycles. The number of para-hydroxylation sites is 1. The second kappa shape index (κ2) is 9.85. The number of rotatable bonds is 5. The number of nitrogens with zero attached hydrogens (tertiary/aromatic N) is 2. The highest BCUT2D eigenvalue weighted by atomic mass is 19.1. The maximum absolute atomic E-state index is 13.2. The second-order valence-corrected chi connectivity index (χ2v) is 8.28. The molecule has 0 radical (unpaired) electrons. The van der Waals surface area contributed by atoms with Crippen molar-refractivity contribution in [1.82, 2.24) is 4.90 Å². The van der Waals surface area contributed by atoms with Crippen molar-refractivity contribution in [2.75, 3.05) is 36.4 Å². The number of carboxylic acid groups (broad SMARTS) is 1. The maximum Gasteiger partial charge on any atom is 0.307 e. The molecule has 1 fully saturated rings. The summed E-state index contributed by atoms with van der Waals surface area (Å²) < 4.78 is 13.2.